The van der Waals surface area contributed by atoms with Crippen molar-refractivity contribution in [1.82, 2.24) is 14.9 Å². The molecule has 1 aliphatic rings. The molecule has 3 heterocycles. The molecule has 1 atom stereocenters. The van der Waals surface area contributed by atoms with Crippen LogP contribution in [0.4, 0.5) is 5.82 Å². The molecule has 4 rings (SSSR count). The summed E-state index contributed by atoms with van der Waals surface area (Å²) in [6.07, 6.45) is 2.04. The lowest BCUT2D eigenvalue weighted by Crippen LogP contribution is -2.42. The van der Waals surface area contributed by atoms with Crippen LogP contribution in [0.15, 0.2) is 60.8 Å². The molecule has 0 spiro atoms. The normalized spacial score (nSPS) is 16.6. The van der Waals surface area contributed by atoms with E-state index in [1.54, 1.807) is 17.0 Å². The fourth-order valence-corrected chi connectivity index (χ4v) is 3.51. The van der Waals surface area contributed by atoms with Crippen molar-refractivity contribution >= 4 is 11.7 Å². The maximum atomic E-state index is 12.8. The lowest BCUT2D eigenvalue weighted by molar-refractivity contribution is -0.0248. The number of carbonyl (C=O) groups is 1. The SMILES string of the molecule is Cc1ccccc1Cc1cccc([C@@H]2CN(C(=O)c3ccc(N)nc3)CCO2)n1. The Balaban J connectivity index is 1.49. The van der Waals surface area contributed by atoms with Crippen molar-refractivity contribution in [3.63, 3.8) is 0 Å². The summed E-state index contributed by atoms with van der Waals surface area (Å²) in [6.45, 7) is 3.59. The van der Waals surface area contributed by atoms with E-state index in [0.29, 0.717) is 31.1 Å². The number of benzene rings is 1. The van der Waals surface area contributed by atoms with Crippen LogP contribution in [-0.4, -0.2) is 40.5 Å². The highest BCUT2D eigenvalue weighted by Gasteiger charge is 2.27. The van der Waals surface area contributed by atoms with Crippen LogP contribution < -0.4 is 5.73 Å². The van der Waals surface area contributed by atoms with Crippen LogP contribution in [0.1, 0.15) is 39.0 Å². The van der Waals surface area contributed by atoms with Gasteiger partial charge < -0.3 is 15.4 Å². The number of hydrogen-bond acceptors (Lipinski definition) is 5. The molecule has 6 nitrogen and oxygen atoms in total. The number of pyridine rings is 2. The second kappa shape index (κ2) is 8.41. The van der Waals surface area contributed by atoms with E-state index in [2.05, 4.69) is 24.0 Å². The number of anilines is 1. The van der Waals surface area contributed by atoms with Gasteiger partial charge in [0.25, 0.3) is 5.91 Å². The van der Waals surface area contributed by atoms with Crippen LogP contribution in [0.2, 0.25) is 0 Å². The first-order valence-corrected chi connectivity index (χ1v) is 9.73. The van der Waals surface area contributed by atoms with E-state index in [9.17, 15) is 4.79 Å². The zero-order chi connectivity index (χ0) is 20.2. The number of morpholine rings is 1. The second-order valence-corrected chi connectivity index (χ2v) is 7.24. The number of aryl methyl sites for hydroxylation is 1. The number of aromatic nitrogens is 2. The Labute approximate surface area is 170 Å². The van der Waals surface area contributed by atoms with Gasteiger partial charge in [-0.05, 0) is 42.3 Å². The summed E-state index contributed by atoms with van der Waals surface area (Å²) >= 11 is 0. The first-order valence-electron chi connectivity index (χ1n) is 9.73. The largest absolute Gasteiger partial charge is 0.384 e. The minimum absolute atomic E-state index is 0.0677. The van der Waals surface area contributed by atoms with Gasteiger partial charge in [0.1, 0.15) is 11.9 Å². The molecule has 0 unspecified atom stereocenters. The molecule has 1 saturated heterocycles. The van der Waals surface area contributed by atoms with Crippen molar-refractivity contribution in [2.24, 2.45) is 0 Å². The van der Waals surface area contributed by atoms with Crippen LogP contribution in [0.3, 0.4) is 0 Å². The van der Waals surface area contributed by atoms with Crippen molar-refractivity contribution in [2.45, 2.75) is 19.4 Å². The van der Waals surface area contributed by atoms with Gasteiger partial charge in [-0.1, -0.05) is 30.3 Å². The van der Waals surface area contributed by atoms with E-state index in [-0.39, 0.29) is 12.0 Å². The maximum absolute atomic E-state index is 12.8. The fraction of sp³-hybridized carbons (Fsp3) is 0.261. The molecule has 0 aliphatic carbocycles. The van der Waals surface area contributed by atoms with Crippen LogP contribution in [-0.2, 0) is 11.2 Å². The molecule has 0 bridgehead atoms. The van der Waals surface area contributed by atoms with Crippen LogP contribution in [0.25, 0.3) is 0 Å². The average Bonchev–Trinajstić information content (AvgIpc) is 2.76. The van der Waals surface area contributed by atoms with Gasteiger partial charge in [0.15, 0.2) is 0 Å². The Kier molecular flexibility index (Phi) is 5.53. The van der Waals surface area contributed by atoms with E-state index in [1.165, 1.54) is 17.3 Å². The zero-order valence-electron chi connectivity index (χ0n) is 16.4. The highest BCUT2D eigenvalue weighted by molar-refractivity contribution is 5.94. The number of carbonyl (C=O) groups excluding carboxylic acids is 1. The first-order chi connectivity index (χ1) is 14.1. The van der Waals surface area contributed by atoms with Crippen molar-refractivity contribution < 1.29 is 9.53 Å². The van der Waals surface area contributed by atoms with E-state index in [1.807, 2.05) is 30.3 Å². The lowest BCUT2D eigenvalue weighted by Gasteiger charge is -2.32. The van der Waals surface area contributed by atoms with Crippen LogP contribution in [0, 0.1) is 6.92 Å². The molecule has 0 saturated carbocycles. The molecule has 0 radical (unpaired) electrons. The molecule has 1 aliphatic heterocycles. The molecular weight excluding hydrogens is 364 g/mol. The van der Waals surface area contributed by atoms with E-state index in [4.69, 9.17) is 15.5 Å². The minimum Gasteiger partial charge on any atom is -0.384 e. The molecule has 6 heteroatoms. The van der Waals surface area contributed by atoms with Gasteiger partial charge in [-0.2, -0.15) is 0 Å². The Morgan fingerprint density at radius 1 is 1.17 bits per heavy atom. The molecule has 29 heavy (non-hydrogen) atoms. The standard InChI is InChI=1S/C23H24N4O2/c1-16-5-2-3-6-17(16)13-19-7-4-8-20(26-19)21-15-27(11-12-29-21)23(28)18-9-10-22(24)25-14-18/h2-10,14,21H,11-13,15H2,1H3,(H2,24,25)/t21-/m0/s1. The van der Waals surface area contributed by atoms with Crippen LogP contribution in [0.5, 0.6) is 0 Å². The third kappa shape index (κ3) is 4.43. The average molecular weight is 388 g/mol. The highest BCUT2D eigenvalue weighted by Crippen LogP contribution is 2.23. The molecule has 1 aromatic carbocycles. The fourth-order valence-electron chi connectivity index (χ4n) is 3.51. The molecular formula is C23H24N4O2. The summed E-state index contributed by atoms with van der Waals surface area (Å²) in [5, 5.41) is 0. The molecule has 1 amide bonds. The number of rotatable bonds is 4. The molecule has 2 N–H and O–H groups in total. The van der Waals surface area contributed by atoms with Gasteiger partial charge in [-0.15, -0.1) is 0 Å². The van der Waals surface area contributed by atoms with E-state index < -0.39 is 0 Å². The summed E-state index contributed by atoms with van der Waals surface area (Å²) in [7, 11) is 0. The number of nitrogen functional groups attached to an aromatic ring is 1. The smallest absolute Gasteiger partial charge is 0.255 e. The van der Waals surface area contributed by atoms with Gasteiger partial charge in [0.2, 0.25) is 0 Å². The summed E-state index contributed by atoms with van der Waals surface area (Å²) in [5.74, 6) is 0.331. The summed E-state index contributed by atoms with van der Waals surface area (Å²) < 4.78 is 5.94. The quantitative estimate of drug-likeness (QED) is 0.742. The molecule has 2 aromatic heterocycles. The Hall–Kier alpha value is -3.25. The number of amides is 1. The Bertz CT molecular complexity index is 1000. The number of nitrogens with zero attached hydrogens (tertiary/aromatic N) is 3. The lowest BCUT2D eigenvalue weighted by atomic mass is 10.0. The van der Waals surface area contributed by atoms with Gasteiger partial charge in [0, 0.05) is 24.9 Å². The number of nitrogens with two attached hydrogens (primary N) is 1. The van der Waals surface area contributed by atoms with Crippen LogP contribution >= 0.6 is 0 Å². The van der Waals surface area contributed by atoms with Gasteiger partial charge >= 0.3 is 0 Å². The first kappa shape index (κ1) is 19.1. The van der Waals surface area contributed by atoms with E-state index >= 15 is 0 Å². The monoisotopic (exact) mass is 388 g/mol. The molecule has 148 valence electrons. The van der Waals surface area contributed by atoms with Gasteiger partial charge in [0.05, 0.1) is 24.4 Å². The number of ether oxygens (including phenoxy) is 1. The zero-order valence-corrected chi connectivity index (χ0v) is 16.4. The summed E-state index contributed by atoms with van der Waals surface area (Å²) in [4.78, 5) is 23.4. The topological polar surface area (TPSA) is 81.3 Å². The van der Waals surface area contributed by atoms with Gasteiger partial charge in [-0.25, -0.2) is 4.98 Å². The third-order valence-corrected chi connectivity index (χ3v) is 5.18. The third-order valence-electron chi connectivity index (χ3n) is 5.18. The van der Waals surface area contributed by atoms with Gasteiger partial charge in [-0.3, -0.25) is 9.78 Å². The predicted molar refractivity (Wildman–Crippen MR) is 111 cm³/mol. The maximum Gasteiger partial charge on any atom is 0.255 e. The summed E-state index contributed by atoms with van der Waals surface area (Å²) in [5.41, 5.74) is 10.5. The highest BCUT2D eigenvalue weighted by atomic mass is 16.5. The van der Waals surface area contributed by atoms with E-state index in [0.717, 1.165) is 17.8 Å². The van der Waals surface area contributed by atoms with Crippen molar-refractivity contribution in [1.29, 1.82) is 0 Å². The van der Waals surface area contributed by atoms with Crippen molar-refractivity contribution in [2.75, 3.05) is 25.4 Å². The molecule has 3 aromatic rings. The number of hydrogen-bond donors (Lipinski definition) is 1. The van der Waals surface area contributed by atoms with Crippen molar-refractivity contribution in [3.8, 4) is 0 Å². The molecule has 1 fully saturated rings. The predicted octanol–water partition coefficient (Wildman–Crippen LogP) is 3.17. The summed E-state index contributed by atoms with van der Waals surface area (Å²) in [6, 6.07) is 17.7. The Morgan fingerprint density at radius 2 is 2.03 bits per heavy atom. The minimum atomic E-state index is -0.244. The second-order valence-electron chi connectivity index (χ2n) is 7.24. The van der Waals surface area contributed by atoms with Crippen molar-refractivity contribution in [3.05, 3.63) is 88.9 Å². The Morgan fingerprint density at radius 3 is 2.83 bits per heavy atom.